The second-order valence-corrected chi connectivity index (χ2v) is 3.86. The molecular formula is C10H22N2O4. The first-order chi connectivity index (χ1) is 7.52. The minimum atomic E-state index is -0.959. The lowest BCUT2D eigenvalue weighted by molar-refractivity contribution is -0.126. The van der Waals surface area contributed by atoms with Gasteiger partial charge in [0.05, 0.1) is 12.2 Å². The molecule has 0 aliphatic heterocycles. The summed E-state index contributed by atoms with van der Waals surface area (Å²) in [5, 5.41) is 12.4. The lowest BCUT2D eigenvalue weighted by Gasteiger charge is -2.23. The van der Waals surface area contributed by atoms with Crippen LogP contribution in [0.3, 0.4) is 0 Å². The highest BCUT2D eigenvalue weighted by Gasteiger charge is 2.20. The maximum Gasteiger partial charge on any atom is 0.246 e. The topological polar surface area (TPSA) is 93.8 Å². The van der Waals surface area contributed by atoms with E-state index in [4.69, 9.17) is 15.2 Å². The SMILES string of the molecule is COCCC(C)(O)CNC(=O)COCCN. The van der Waals surface area contributed by atoms with Crippen molar-refractivity contribution in [2.24, 2.45) is 5.73 Å². The smallest absolute Gasteiger partial charge is 0.246 e. The van der Waals surface area contributed by atoms with E-state index in [-0.39, 0.29) is 19.1 Å². The number of nitrogens with two attached hydrogens (primary N) is 1. The predicted octanol–water partition coefficient (Wildman–Crippen LogP) is -1.13. The van der Waals surface area contributed by atoms with Gasteiger partial charge >= 0.3 is 0 Å². The molecule has 1 amide bonds. The monoisotopic (exact) mass is 234 g/mol. The van der Waals surface area contributed by atoms with Gasteiger partial charge in [0.2, 0.25) is 5.91 Å². The number of rotatable bonds is 9. The van der Waals surface area contributed by atoms with Crippen LogP contribution in [-0.2, 0) is 14.3 Å². The Labute approximate surface area is 96.1 Å². The number of carbonyl (C=O) groups is 1. The fraction of sp³-hybridized carbons (Fsp3) is 0.900. The summed E-state index contributed by atoms with van der Waals surface area (Å²) < 4.78 is 9.80. The van der Waals surface area contributed by atoms with Crippen molar-refractivity contribution >= 4 is 5.91 Å². The molecule has 0 spiro atoms. The number of amides is 1. The van der Waals surface area contributed by atoms with Gasteiger partial charge < -0.3 is 25.6 Å². The molecule has 0 aromatic carbocycles. The van der Waals surface area contributed by atoms with Crippen molar-refractivity contribution in [3.05, 3.63) is 0 Å². The van der Waals surface area contributed by atoms with Crippen LogP contribution in [0.15, 0.2) is 0 Å². The van der Waals surface area contributed by atoms with Crippen molar-refractivity contribution in [1.29, 1.82) is 0 Å². The van der Waals surface area contributed by atoms with Crippen LogP contribution < -0.4 is 11.1 Å². The first-order valence-corrected chi connectivity index (χ1v) is 5.27. The second kappa shape index (κ2) is 8.46. The number of aliphatic hydroxyl groups is 1. The normalized spacial score (nSPS) is 14.5. The van der Waals surface area contributed by atoms with E-state index in [2.05, 4.69) is 5.32 Å². The Bertz CT molecular complexity index is 197. The van der Waals surface area contributed by atoms with Gasteiger partial charge in [-0.15, -0.1) is 0 Å². The summed E-state index contributed by atoms with van der Waals surface area (Å²) in [6, 6.07) is 0. The highest BCUT2D eigenvalue weighted by molar-refractivity contribution is 5.77. The number of ether oxygens (including phenoxy) is 2. The number of nitrogens with one attached hydrogen (secondary N) is 1. The highest BCUT2D eigenvalue weighted by Crippen LogP contribution is 2.07. The molecule has 96 valence electrons. The molecule has 0 saturated carbocycles. The van der Waals surface area contributed by atoms with Crippen LogP contribution in [0.4, 0.5) is 0 Å². The van der Waals surface area contributed by atoms with Crippen molar-refractivity contribution in [3.8, 4) is 0 Å². The van der Waals surface area contributed by atoms with Crippen LogP contribution in [0, 0.1) is 0 Å². The van der Waals surface area contributed by atoms with E-state index in [0.29, 0.717) is 26.2 Å². The van der Waals surface area contributed by atoms with Gasteiger partial charge in [-0.25, -0.2) is 0 Å². The molecule has 1 unspecified atom stereocenters. The molecule has 0 fully saturated rings. The lowest BCUT2D eigenvalue weighted by atomic mass is 10.0. The molecule has 6 nitrogen and oxygen atoms in total. The Morgan fingerprint density at radius 3 is 2.75 bits per heavy atom. The number of carbonyl (C=O) groups excluding carboxylic acids is 1. The molecule has 16 heavy (non-hydrogen) atoms. The van der Waals surface area contributed by atoms with Gasteiger partial charge in [0.1, 0.15) is 6.61 Å². The van der Waals surface area contributed by atoms with Gasteiger partial charge in [0.25, 0.3) is 0 Å². The average Bonchev–Trinajstić information content (AvgIpc) is 2.24. The largest absolute Gasteiger partial charge is 0.388 e. The quantitative estimate of drug-likeness (QED) is 0.439. The Balaban J connectivity index is 3.64. The first-order valence-electron chi connectivity index (χ1n) is 5.27. The van der Waals surface area contributed by atoms with Crippen LogP contribution in [0.2, 0.25) is 0 Å². The molecule has 0 rings (SSSR count). The summed E-state index contributed by atoms with van der Waals surface area (Å²) in [4.78, 5) is 11.2. The molecule has 4 N–H and O–H groups in total. The number of methoxy groups -OCH3 is 1. The summed E-state index contributed by atoms with van der Waals surface area (Å²) in [6.45, 7) is 2.99. The van der Waals surface area contributed by atoms with Crippen molar-refractivity contribution < 1.29 is 19.4 Å². The molecule has 0 aromatic rings. The number of hydrogen-bond acceptors (Lipinski definition) is 5. The van der Waals surface area contributed by atoms with Gasteiger partial charge in [-0.3, -0.25) is 4.79 Å². The lowest BCUT2D eigenvalue weighted by Crippen LogP contribution is -2.42. The molecule has 0 bridgehead atoms. The van der Waals surface area contributed by atoms with Crippen molar-refractivity contribution in [3.63, 3.8) is 0 Å². The molecular weight excluding hydrogens is 212 g/mol. The van der Waals surface area contributed by atoms with Gasteiger partial charge in [-0.05, 0) is 6.92 Å². The Morgan fingerprint density at radius 1 is 1.50 bits per heavy atom. The fourth-order valence-electron chi connectivity index (χ4n) is 0.999. The zero-order chi connectivity index (χ0) is 12.4. The van der Waals surface area contributed by atoms with Crippen LogP contribution >= 0.6 is 0 Å². The second-order valence-electron chi connectivity index (χ2n) is 3.86. The molecule has 0 aliphatic carbocycles. The highest BCUT2D eigenvalue weighted by atomic mass is 16.5. The molecule has 0 aromatic heterocycles. The van der Waals surface area contributed by atoms with Gasteiger partial charge in [0.15, 0.2) is 0 Å². The van der Waals surface area contributed by atoms with E-state index >= 15 is 0 Å². The first kappa shape index (κ1) is 15.3. The molecule has 6 heteroatoms. The van der Waals surface area contributed by atoms with Crippen molar-refractivity contribution in [2.45, 2.75) is 18.9 Å². The summed E-state index contributed by atoms with van der Waals surface area (Å²) in [7, 11) is 1.56. The molecule has 0 aliphatic rings. The van der Waals surface area contributed by atoms with Crippen LogP contribution in [0.5, 0.6) is 0 Å². The zero-order valence-electron chi connectivity index (χ0n) is 9.99. The summed E-state index contributed by atoms with van der Waals surface area (Å²) in [5.74, 6) is -0.258. The van der Waals surface area contributed by atoms with E-state index in [0.717, 1.165) is 0 Å². The predicted molar refractivity (Wildman–Crippen MR) is 60.0 cm³/mol. The third-order valence-electron chi connectivity index (χ3n) is 2.01. The van der Waals surface area contributed by atoms with Crippen molar-refractivity contribution in [2.75, 3.05) is 40.0 Å². The van der Waals surface area contributed by atoms with E-state index < -0.39 is 5.60 Å². The van der Waals surface area contributed by atoms with E-state index in [1.54, 1.807) is 14.0 Å². The molecule has 0 heterocycles. The maximum absolute atomic E-state index is 11.2. The minimum absolute atomic E-state index is 0.0302. The Morgan fingerprint density at radius 2 is 2.19 bits per heavy atom. The standard InChI is InChI=1S/C10H22N2O4/c1-10(14,3-5-15-2)8-12-9(13)7-16-6-4-11/h14H,3-8,11H2,1-2H3,(H,12,13). The minimum Gasteiger partial charge on any atom is -0.388 e. The van der Waals surface area contributed by atoms with Gasteiger partial charge in [0, 0.05) is 33.2 Å². The van der Waals surface area contributed by atoms with Crippen LogP contribution in [0.1, 0.15) is 13.3 Å². The van der Waals surface area contributed by atoms with Crippen molar-refractivity contribution in [1.82, 2.24) is 5.32 Å². The Kier molecular flexibility index (Phi) is 8.10. The number of hydrogen-bond donors (Lipinski definition) is 3. The fourth-order valence-corrected chi connectivity index (χ4v) is 0.999. The zero-order valence-corrected chi connectivity index (χ0v) is 9.99. The summed E-state index contributed by atoms with van der Waals surface area (Å²) >= 11 is 0. The van der Waals surface area contributed by atoms with Crippen LogP contribution in [-0.4, -0.2) is 56.6 Å². The summed E-state index contributed by atoms with van der Waals surface area (Å²) in [5.41, 5.74) is 4.24. The van der Waals surface area contributed by atoms with Gasteiger partial charge in [-0.1, -0.05) is 0 Å². The summed E-state index contributed by atoms with van der Waals surface area (Å²) in [6.07, 6.45) is 0.466. The average molecular weight is 234 g/mol. The molecule has 1 atom stereocenters. The van der Waals surface area contributed by atoms with E-state index in [1.807, 2.05) is 0 Å². The molecule has 0 saturated heterocycles. The molecule has 0 radical (unpaired) electrons. The van der Waals surface area contributed by atoms with Gasteiger partial charge in [-0.2, -0.15) is 0 Å². The Hall–Kier alpha value is -0.690. The van der Waals surface area contributed by atoms with E-state index in [1.165, 1.54) is 0 Å². The third-order valence-corrected chi connectivity index (χ3v) is 2.01. The maximum atomic E-state index is 11.2. The van der Waals surface area contributed by atoms with Crippen LogP contribution in [0.25, 0.3) is 0 Å². The third kappa shape index (κ3) is 8.60. The van der Waals surface area contributed by atoms with E-state index in [9.17, 15) is 9.90 Å².